The number of carbonyl (C=O) groups excluding carboxylic acids is 2. The fourth-order valence-corrected chi connectivity index (χ4v) is 7.60. The number of carbonyl (C=O) groups is 2. The van der Waals surface area contributed by atoms with Gasteiger partial charge in [0.05, 0.1) is 35.6 Å². The summed E-state index contributed by atoms with van der Waals surface area (Å²) in [5.74, 6) is -0.397. The lowest BCUT2D eigenvalue weighted by molar-refractivity contribution is -0.140. The minimum atomic E-state index is -3.62. The molecule has 0 saturated carbocycles. The number of aromatic nitrogens is 2. The van der Waals surface area contributed by atoms with Crippen molar-refractivity contribution in [2.24, 2.45) is 5.92 Å². The molecule has 1 atom stereocenters. The van der Waals surface area contributed by atoms with Crippen LogP contribution in [0.15, 0.2) is 29.2 Å². The highest BCUT2D eigenvalue weighted by atomic mass is 32.2. The summed E-state index contributed by atoms with van der Waals surface area (Å²) in [6.45, 7) is 4.19. The van der Waals surface area contributed by atoms with E-state index >= 15 is 0 Å². The zero-order valence-electron chi connectivity index (χ0n) is 20.8. The van der Waals surface area contributed by atoms with Crippen molar-refractivity contribution in [3.63, 3.8) is 0 Å². The van der Waals surface area contributed by atoms with Crippen LogP contribution in [0.5, 0.6) is 0 Å². The molecule has 0 N–H and O–H groups in total. The van der Waals surface area contributed by atoms with Gasteiger partial charge in [0.2, 0.25) is 5.91 Å². The smallest absolute Gasteiger partial charge is 0.274 e. The van der Waals surface area contributed by atoms with Gasteiger partial charge in [-0.3, -0.25) is 14.3 Å². The van der Waals surface area contributed by atoms with Crippen LogP contribution in [0.25, 0.3) is 11.3 Å². The van der Waals surface area contributed by atoms with Gasteiger partial charge in [0.25, 0.3) is 5.91 Å². The number of piperidine rings is 1. The number of morpholine rings is 1. The quantitative estimate of drug-likeness (QED) is 0.598. The van der Waals surface area contributed by atoms with Crippen LogP contribution in [0.2, 0.25) is 0 Å². The first kappa shape index (κ1) is 24.6. The van der Waals surface area contributed by atoms with Crippen LogP contribution in [0.4, 0.5) is 0 Å². The second-order valence-corrected chi connectivity index (χ2v) is 12.2. The molecule has 0 aliphatic carbocycles. The number of hydrogen-bond donors (Lipinski definition) is 0. The molecule has 5 heterocycles. The Kier molecular flexibility index (Phi) is 6.54. The van der Waals surface area contributed by atoms with Crippen molar-refractivity contribution < 1.29 is 27.5 Å². The van der Waals surface area contributed by atoms with Crippen molar-refractivity contribution >= 4 is 21.7 Å². The van der Waals surface area contributed by atoms with Crippen LogP contribution in [0, 0.1) is 5.92 Å². The Morgan fingerprint density at radius 2 is 1.65 bits per heavy atom. The Morgan fingerprint density at radius 1 is 0.919 bits per heavy atom. The van der Waals surface area contributed by atoms with E-state index in [2.05, 4.69) is 0 Å². The van der Waals surface area contributed by atoms with Gasteiger partial charge in [-0.15, -0.1) is 0 Å². The standard InChI is InChI=1S/C26H32N4O6S/c31-25(18-7-12-35-13-8-18)29-9-3-4-19(16-29)30-24-20-5-1-2-6-22(20)37(33,34)17-21(24)23(27-30)26(32)28-10-14-36-15-11-28/h1-2,5-6,18-19H,3-4,7-17H2. The number of rotatable bonds is 3. The monoisotopic (exact) mass is 528 g/mol. The third-order valence-electron chi connectivity index (χ3n) is 7.95. The number of sulfone groups is 1. The van der Waals surface area contributed by atoms with Gasteiger partial charge in [-0.1, -0.05) is 18.2 Å². The molecule has 37 heavy (non-hydrogen) atoms. The number of fused-ring (bicyclic) bond motifs is 3. The molecule has 10 nitrogen and oxygen atoms in total. The summed E-state index contributed by atoms with van der Waals surface area (Å²) >= 11 is 0. The highest BCUT2D eigenvalue weighted by Crippen LogP contribution is 2.42. The lowest BCUT2D eigenvalue weighted by Crippen LogP contribution is -2.45. The van der Waals surface area contributed by atoms with Crippen molar-refractivity contribution in [1.29, 1.82) is 0 Å². The molecule has 6 rings (SSSR count). The molecule has 1 aromatic carbocycles. The highest BCUT2D eigenvalue weighted by Gasteiger charge is 2.39. The molecule has 3 fully saturated rings. The predicted octanol–water partition coefficient (Wildman–Crippen LogP) is 1.90. The first-order valence-electron chi connectivity index (χ1n) is 13.1. The molecule has 0 radical (unpaired) electrons. The van der Waals surface area contributed by atoms with E-state index in [-0.39, 0.29) is 40.1 Å². The zero-order valence-corrected chi connectivity index (χ0v) is 21.6. The first-order valence-corrected chi connectivity index (χ1v) is 14.8. The van der Waals surface area contributed by atoms with Crippen LogP contribution in [0.3, 0.4) is 0 Å². The summed E-state index contributed by atoms with van der Waals surface area (Å²) in [6.07, 6.45) is 3.09. The topological polar surface area (TPSA) is 111 Å². The second-order valence-electron chi connectivity index (χ2n) is 10.2. The molecular formula is C26H32N4O6S. The summed E-state index contributed by atoms with van der Waals surface area (Å²) in [6, 6.07) is 6.80. The van der Waals surface area contributed by atoms with E-state index in [9.17, 15) is 18.0 Å². The Morgan fingerprint density at radius 3 is 2.43 bits per heavy atom. The lowest BCUT2D eigenvalue weighted by Gasteiger charge is -2.36. The molecule has 0 bridgehead atoms. The highest BCUT2D eigenvalue weighted by molar-refractivity contribution is 7.90. The third kappa shape index (κ3) is 4.46. The lowest BCUT2D eigenvalue weighted by atomic mass is 9.96. The van der Waals surface area contributed by atoms with Gasteiger partial charge in [0.1, 0.15) is 0 Å². The van der Waals surface area contributed by atoms with Crippen molar-refractivity contribution in [2.75, 3.05) is 52.6 Å². The molecular weight excluding hydrogens is 496 g/mol. The van der Waals surface area contributed by atoms with Crippen molar-refractivity contribution in [1.82, 2.24) is 19.6 Å². The van der Waals surface area contributed by atoms with Gasteiger partial charge in [-0.05, 0) is 31.7 Å². The van der Waals surface area contributed by atoms with E-state index < -0.39 is 9.84 Å². The number of benzene rings is 1. The van der Waals surface area contributed by atoms with Gasteiger partial charge in [-0.2, -0.15) is 5.10 Å². The number of likely N-dealkylation sites (tertiary alicyclic amines) is 1. The Hall–Kier alpha value is -2.76. The molecule has 198 valence electrons. The van der Waals surface area contributed by atoms with Crippen LogP contribution in [-0.4, -0.2) is 92.4 Å². The van der Waals surface area contributed by atoms with Crippen molar-refractivity contribution in [2.45, 2.75) is 42.4 Å². The largest absolute Gasteiger partial charge is 0.381 e. The van der Waals surface area contributed by atoms with E-state index in [0.29, 0.717) is 69.4 Å². The number of hydrogen-bond acceptors (Lipinski definition) is 7. The average Bonchev–Trinajstić information content (AvgIpc) is 3.32. The molecule has 2 amide bonds. The molecule has 0 spiro atoms. The summed E-state index contributed by atoms with van der Waals surface area (Å²) in [4.78, 5) is 30.8. The molecule has 4 aliphatic rings. The van der Waals surface area contributed by atoms with E-state index in [0.717, 1.165) is 25.7 Å². The van der Waals surface area contributed by atoms with Crippen LogP contribution in [-0.2, 0) is 29.9 Å². The SMILES string of the molecule is O=C(c1nn(C2CCCN(C(=O)C3CCOCC3)C2)c2c1CS(=O)(=O)c1ccccc1-2)N1CCOCC1. The Bertz CT molecular complexity index is 1310. The maximum atomic E-state index is 13.6. The summed E-state index contributed by atoms with van der Waals surface area (Å²) in [5.41, 5.74) is 1.92. The molecule has 2 aromatic rings. The third-order valence-corrected chi connectivity index (χ3v) is 9.64. The number of amides is 2. The van der Waals surface area contributed by atoms with Gasteiger partial charge < -0.3 is 19.3 Å². The summed E-state index contributed by atoms with van der Waals surface area (Å²) in [5, 5.41) is 4.82. The second kappa shape index (κ2) is 9.85. The van der Waals surface area contributed by atoms with E-state index in [1.807, 2.05) is 15.6 Å². The number of nitrogens with zero attached hydrogens (tertiary/aromatic N) is 4. The van der Waals surface area contributed by atoms with Gasteiger partial charge in [0.15, 0.2) is 15.5 Å². The van der Waals surface area contributed by atoms with Crippen LogP contribution >= 0.6 is 0 Å². The van der Waals surface area contributed by atoms with Crippen LogP contribution < -0.4 is 0 Å². The fourth-order valence-electron chi connectivity index (χ4n) is 6.00. The average molecular weight is 529 g/mol. The van der Waals surface area contributed by atoms with Gasteiger partial charge in [-0.25, -0.2) is 8.42 Å². The zero-order chi connectivity index (χ0) is 25.6. The van der Waals surface area contributed by atoms with Crippen molar-refractivity contribution in [3.05, 3.63) is 35.5 Å². The maximum Gasteiger partial charge on any atom is 0.274 e. The molecule has 11 heteroatoms. The first-order chi connectivity index (χ1) is 17.9. The van der Waals surface area contributed by atoms with E-state index in [1.165, 1.54) is 0 Å². The molecule has 1 aromatic heterocycles. The minimum Gasteiger partial charge on any atom is -0.381 e. The number of ether oxygens (including phenoxy) is 2. The van der Waals surface area contributed by atoms with Crippen LogP contribution in [0.1, 0.15) is 47.8 Å². The predicted molar refractivity (Wildman–Crippen MR) is 134 cm³/mol. The van der Waals surface area contributed by atoms with Crippen molar-refractivity contribution in [3.8, 4) is 11.3 Å². The Balaban J connectivity index is 1.40. The normalized spacial score (nSPS) is 23.8. The van der Waals surface area contributed by atoms with Gasteiger partial charge in [0, 0.05) is 56.4 Å². The van der Waals surface area contributed by atoms with E-state index in [1.54, 1.807) is 23.1 Å². The summed E-state index contributed by atoms with van der Waals surface area (Å²) in [7, 11) is -3.62. The van der Waals surface area contributed by atoms with E-state index in [4.69, 9.17) is 14.6 Å². The molecule has 3 saturated heterocycles. The Labute approximate surface area is 216 Å². The molecule has 4 aliphatic heterocycles. The minimum absolute atomic E-state index is 0.0247. The fraction of sp³-hybridized carbons (Fsp3) is 0.577. The maximum absolute atomic E-state index is 13.6. The molecule has 1 unspecified atom stereocenters. The summed E-state index contributed by atoms with van der Waals surface area (Å²) < 4.78 is 39.2. The van der Waals surface area contributed by atoms with Gasteiger partial charge >= 0.3 is 0 Å².